The number of pyridine rings is 1. The van der Waals surface area contributed by atoms with Gasteiger partial charge in [-0.3, -0.25) is 9.78 Å². The first-order valence-electron chi connectivity index (χ1n) is 7.24. The average Bonchev–Trinajstić information content (AvgIpc) is 2.86. The maximum absolute atomic E-state index is 10.6. The highest BCUT2D eigenvalue weighted by Gasteiger charge is 2.03. The highest BCUT2D eigenvalue weighted by molar-refractivity contribution is 7.99. The predicted molar refractivity (Wildman–Crippen MR) is 94.7 cm³/mol. The van der Waals surface area contributed by atoms with Crippen molar-refractivity contribution >= 4 is 17.7 Å². The molecule has 4 nitrogen and oxygen atoms in total. The van der Waals surface area contributed by atoms with Gasteiger partial charge in [0.15, 0.2) is 0 Å². The van der Waals surface area contributed by atoms with E-state index < -0.39 is 0 Å². The SMILES string of the molecule is CN.O=C1CSCCCN1.c1ccc(-c2ccncc2)cc1. The number of hydrogen-bond donors (Lipinski definition) is 2. The molecule has 0 radical (unpaired) electrons. The van der Waals surface area contributed by atoms with Crippen molar-refractivity contribution in [2.75, 3.05) is 25.1 Å². The van der Waals surface area contributed by atoms with E-state index in [1.54, 1.807) is 11.8 Å². The van der Waals surface area contributed by atoms with Crippen molar-refractivity contribution in [1.29, 1.82) is 0 Å². The molecule has 118 valence electrons. The Morgan fingerprint density at radius 2 is 1.68 bits per heavy atom. The molecule has 0 spiro atoms. The summed E-state index contributed by atoms with van der Waals surface area (Å²) in [6.07, 6.45) is 4.74. The molecule has 0 saturated carbocycles. The van der Waals surface area contributed by atoms with Gasteiger partial charge in [-0.15, -0.1) is 0 Å². The molecule has 1 amide bonds. The highest BCUT2D eigenvalue weighted by atomic mass is 32.2. The van der Waals surface area contributed by atoms with Crippen molar-refractivity contribution in [1.82, 2.24) is 10.3 Å². The van der Waals surface area contributed by atoms with Crippen LogP contribution in [0.2, 0.25) is 0 Å². The predicted octanol–water partition coefficient (Wildman–Crippen LogP) is 2.56. The number of nitrogens with one attached hydrogen (secondary N) is 1. The maximum atomic E-state index is 10.6. The third kappa shape index (κ3) is 7.24. The van der Waals surface area contributed by atoms with Crippen molar-refractivity contribution in [3.63, 3.8) is 0 Å². The van der Waals surface area contributed by atoms with E-state index in [4.69, 9.17) is 0 Å². The summed E-state index contributed by atoms with van der Waals surface area (Å²) in [6, 6.07) is 14.3. The van der Waals surface area contributed by atoms with Crippen LogP contribution in [0.5, 0.6) is 0 Å². The van der Waals surface area contributed by atoms with Crippen LogP contribution in [-0.2, 0) is 4.79 Å². The average molecular weight is 317 g/mol. The van der Waals surface area contributed by atoms with Crippen molar-refractivity contribution in [2.45, 2.75) is 6.42 Å². The van der Waals surface area contributed by atoms with Crippen molar-refractivity contribution in [3.05, 3.63) is 54.9 Å². The summed E-state index contributed by atoms with van der Waals surface area (Å²) < 4.78 is 0. The summed E-state index contributed by atoms with van der Waals surface area (Å²) in [6.45, 7) is 0.867. The first-order chi connectivity index (χ1) is 10.9. The zero-order valence-electron chi connectivity index (χ0n) is 12.9. The molecule has 22 heavy (non-hydrogen) atoms. The minimum absolute atomic E-state index is 0.188. The molecule has 1 aliphatic rings. The number of hydrogen-bond acceptors (Lipinski definition) is 4. The molecular formula is C17H23N3OS. The van der Waals surface area contributed by atoms with E-state index in [1.807, 2.05) is 42.7 Å². The Bertz CT molecular complexity index is 472. The molecule has 3 rings (SSSR count). The van der Waals surface area contributed by atoms with E-state index in [2.05, 4.69) is 28.2 Å². The van der Waals surface area contributed by atoms with E-state index >= 15 is 0 Å². The lowest BCUT2D eigenvalue weighted by Gasteiger charge is -1.98. The Morgan fingerprint density at radius 3 is 2.36 bits per heavy atom. The molecule has 1 aliphatic heterocycles. The zero-order valence-corrected chi connectivity index (χ0v) is 13.7. The van der Waals surface area contributed by atoms with Gasteiger partial charge < -0.3 is 11.1 Å². The monoisotopic (exact) mass is 317 g/mol. The second-order valence-corrected chi connectivity index (χ2v) is 5.46. The van der Waals surface area contributed by atoms with Gasteiger partial charge >= 0.3 is 0 Å². The molecule has 2 heterocycles. The molecule has 1 aromatic heterocycles. The molecule has 0 atom stereocenters. The largest absolute Gasteiger partial charge is 0.355 e. The summed E-state index contributed by atoms with van der Waals surface area (Å²) in [5.41, 5.74) is 6.95. The van der Waals surface area contributed by atoms with Crippen LogP contribution in [0.15, 0.2) is 54.9 Å². The smallest absolute Gasteiger partial charge is 0.229 e. The van der Waals surface area contributed by atoms with E-state index in [0.717, 1.165) is 18.7 Å². The van der Waals surface area contributed by atoms with Gasteiger partial charge in [-0.05, 0) is 42.5 Å². The van der Waals surface area contributed by atoms with Gasteiger partial charge in [0.25, 0.3) is 0 Å². The minimum Gasteiger partial charge on any atom is -0.355 e. The van der Waals surface area contributed by atoms with E-state index in [9.17, 15) is 4.79 Å². The van der Waals surface area contributed by atoms with Gasteiger partial charge in [0.05, 0.1) is 5.75 Å². The summed E-state index contributed by atoms with van der Waals surface area (Å²) in [5.74, 6) is 1.96. The number of carbonyl (C=O) groups is 1. The van der Waals surface area contributed by atoms with Crippen LogP contribution in [0.25, 0.3) is 11.1 Å². The van der Waals surface area contributed by atoms with E-state index in [1.165, 1.54) is 18.2 Å². The van der Waals surface area contributed by atoms with E-state index in [-0.39, 0.29) is 5.91 Å². The zero-order chi connectivity index (χ0) is 16.0. The fourth-order valence-electron chi connectivity index (χ4n) is 1.79. The molecule has 0 bridgehead atoms. The summed E-state index contributed by atoms with van der Waals surface area (Å²) in [7, 11) is 1.50. The van der Waals surface area contributed by atoms with Gasteiger partial charge in [-0.25, -0.2) is 0 Å². The number of nitrogens with two attached hydrogens (primary N) is 1. The summed E-state index contributed by atoms with van der Waals surface area (Å²) in [5, 5.41) is 2.78. The first kappa shape index (κ1) is 18.2. The number of benzene rings is 1. The molecule has 3 N–H and O–H groups in total. The molecule has 5 heteroatoms. The maximum Gasteiger partial charge on any atom is 0.229 e. The first-order valence-corrected chi connectivity index (χ1v) is 8.39. The van der Waals surface area contributed by atoms with Crippen LogP contribution in [0.1, 0.15) is 6.42 Å². The summed E-state index contributed by atoms with van der Waals surface area (Å²) >= 11 is 1.71. The van der Waals surface area contributed by atoms with Crippen molar-refractivity contribution in [2.24, 2.45) is 5.73 Å². The van der Waals surface area contributed by atoms with Crippen molar-refractivity contribution in [3.8, 4) is 11.1 Å². The van der Waals surface area contributed by atoms with Gasteiger partial charge in [-0.1, -0.05) is 30.3 Å². The number of aromatic nitrogens is 1. The second kappa shape index (κ2) is 11.8. The van der Waals surface area contributed by atoms with E-state index in [0.29, 0.717) is 5.75 Å². The van der Waals surface area contributed by atoms with Crippen molar-refractivity contribution < 1.29 is 4.79 Å². The fourth-order valence-corrected chi connectivity index (χ4v) is 2.57. The van der Waals surface area contributed by atoms with Crippen LogP contribution in [0.3, 0.4) is 0 Å². The van der Waals surface area contributed by atoms with Gasteiger partial charge in [-0.2, -0.15) is 11.8 Å². The number of thioether (sulfide) groups is 1. The lowest BCUT2D eigenvalue weighted by molar-refractivity contribution is -0.118. The fraction of sp³-hybridized carbons (Fsp3) is 0.294. The normalized spacial score (nSPS) is 13.5. The molecular weight excluding hydrogens is 294 g/mol. The Labute approximate surface area is 136 Å². The number of nitrogens with zero attached hydrogens (tertiary/aromatic N) is 1. The van der Waals surface area contributed by atoms with Gasteiger partial charge in [0.2, 0.25) is 5.91 Å². The number of carbonyl (C=O) groups excluding carboxylic acids is 1. The Kier molecular flexibility index (Phi) is 9.74. The van der Waals surface area contributed by atoms with Crippen LogP contribution in [-0.4, -0.2) is 36.0 Å². The Balaban J connectivity index is 0.000000211. The van der Waals surface area contributed by atoms with Crippen LogP contribution in [0, 0.1) is 0 Å². The molecule has 1 saturated heterocycles. The van der Waals surface area contributed by atoms with Crippen LogP contribution >= 0.6 is 11.8 Å². The highest BCUT2D eigenvalue weighted by Crippen LogP contribution is 2.16. The third-order valence-corrected chi connectivity index (χ3v) is 3.85. The van der Waals surface area contributed by atoms with Crippen LogP contribution in [0.4, 0.5) is 0 Å². The minimum atomic E-state index is 0.188. The Morgan fingerprint density at radius 1 is 1.05 bits per heavy atom. The number of amides is 1. The van der Waals surface area contributed by atoms with Crippen LogP contribution < -0.4 is 11.1 Å². The lowest BCUT2D eigenvalue weighted by atomic mass is 10.1. The Hall–Kier alpha value is -1.85. The molecule has 0 unspecified atom stereocenters. The topological polar surface area (TPSA) is 68.0 Å². The molecule has 0 aliphatic carbocycles. The van der Waals surface area contributed by atoms with Gasteiger partial charge in [0.1, 0.15) is 0 Å². The molecule has 2 aromatic rings. The second-order valence-electron chi connectivity index (χ2n) is 4.36. The standard InChI is InChI=1S/C11H9N.C5H9NOS.CH5N/c1-2-4-10(5-3-1)11-6-8-12-9-7-11;7-5-4-8-3-1-2-6-5;1-2/h1-9H;1-4H2,(H,6,7);2H2,1H3. The molecule has 1 aromatic carbocycles. The van der Waals surface area contributed by atoms with Gasteiger partial charge in [0, 0.05) is 18.9 Å². The number of rotatable bonds is 1. The molecule has 1 fully saturated rings. The third-order valence-electron chi connectivity index (χ3n) is 2.81. The quantitative estimate of drug-likeness (QED) is 0.848. The lowest BCUT2D eigenvalue weighted by Crippen LogP contribution is -2.23. The summed E-state index contributed by atoms with van der Waals surface area (Å²) in [4.78, 5) is 14.5.